The van der Waals surface area contributed by atoms with Gasteiger partial charge >= 0.3 is 35.0 Å². The van der Waals surface area contributed by atoms with E-state index in [1.807, 2.05) is 39.0 Å². The molecule has 1 N–H and O–H groups in total. The molecule has 8 bridgehead atoms. The zero-order chi connectivity index (χ0) is 31.6. The zero-order valence-corrected chi connectivity index (χ0v) is 28.1. The summed E-state index contributed by atoms with van der Waals surface area (Å²) in [5.41, 5.74) is 12.3. The molecule has 5 heterocycles. The number of carbonyl (C=O) groups excluding carboxylic acids is 2. The van der Waals surface area contributed by atoms with E-state index in [1.54, 1.807) is 0 Å². The quantitative estimate of drug-likeness (QED) is 0.203. The summed E-state index contributed by atoms with van der Waals surface area (Å²) in [4.78, 5) is 58.8. The van der Waals surface area contributed by atoms with Crippen LogP contribution in [0.15, 0.2) is 18.2 Å². The number of carboxylic acids is 1. The predicted molar refractivity (Wildman–Crippen MR) is 175 cm³/mol. The van der Waals surface area contributed by atoms with Gasteiger partial charge in [0.05, 0.1) is 29.9 Å². The van der Waals surface area contributed by atoms with E-state index in [4.69, 9.17) is 24.7 Å². The number of nitrogens with zero attached hydrogens (tertiary/aromatic N) is 4. The van der Waals surface area contributed by atoms with Gasteiger partial charge < -0.3 is 19.8 Å². The van der Waals surface area contributed by atoms with Crippen LogP contribution >= 0.6 is 0 Å². The maximum atomic E-state index is 14.0. The third kappa shape index (κ3) is 5.04. The van der Waals surface area contributed by atoms with Gasteiger partial charge in [-0.05, 0) is 74.8 Å². The number of hydrogen-bond donors (Lipinski definition) is 1. The molecule has 0 saturated heterocycles. The molecule has 0 amide bonds. The van der Waals surface area contributed by atoms with Crippen molar-refractivity contribution in [2.75, 3.05) is 7.11 Å². The first-order chi connectivity index (χ1) is 21.0. The van der Waals surface area contributed by atoms with E-state index in [2.05, 4.69) is 20.8 Å². The van der Waals surface area contributed by atoms with Crippen LogP contribution in [0.5, 0.6) is 0 Å². The molecule has 1 atom stereocenters. The molecule has 2 aliphatic heterocycles. The number of allylic oxidation sites excluding steroid dienone is 4. The second-order valence-electron chi connectivity index (χ2n) is 11.5. The van der Waals surface area contributed by atoms with Crippen molar-refractivity contribution in [3.05, 3.63) is 68.8 Å². The average molecular weight is 615 g/mol. The first-order valence-electron chi connectivity index (χ1n) is 14.9. The second kappa shape index (κ2) is 12.1. The number of ether oxygens (including phenoxy) is 1. The van der Waals surface area contributed by atoms with Gasteiger partial charge in [-0.3, -0.25) is 14.4 Å². The van der Waals surface area contributed by atoms with E-state index in [9.17, 15) is 19.5 Å². The number of rotatable bonds is 6. The smallest absolute Gasteiger partial charge is 0.657 e. The van der Waals surface area contributed by atoms with Crippen molar-refractivity contribution in [1.29, 1.82) is 0 Å². The van der Waals surface area contributed by atoms with E-state index >= 15 is 0 Å². The molecule has 3 aromatic rings. The molecule has 10 heteroatoms. The van der Waals surface area contributed by atoms with Crippen LogP contribution in [-0.4, -0.2) is 63.0 Å². The fraction of sp³-hybridized carbons (Fsp3) is 0.343. The number of aromatic nitrogens is 4. The van der Waals surface area contributed by atoms with E-state index in [0.29, 0.717) is 44.7 Å². The third-order valence-electron chi connectivity index (χ3n) is 9.22. The van der Waals surface area contributed by atoms with Crippen LogP contribution < -0.4 is 9.97 Å². The molecular formula is C35H34MgN4O5. The number of aliphatic carboxylic acids is 1. The van der Waals surface area contributed by atoms with Gasteiger partial charge in [-0.2, -0.15) is 0 Å². The van der Waals surface area contributed by atoms with Gasteiger partial charge in [0.1, 0.15) is 5.92 Å². The van der Waals surface area contributed by atoms with Crippen molar-refractivity contribution >= 4 is 85.1 Å². The Hall–Kier alpha value is -4.02. The number of esters is 1. The predicted octanol–water partition coefficient (Wildman–Crippen LogP) is 5.96. The number of methoxy groups -OCH3 is 1. The Bertz CT molecular complexity index is 2050. The second-order valence-corrected chi connectivity index (χ2v) is 11.5. The molecule has 0 unspecified atom stereocenters. The molecular weight excluding hydrogens is 581 g/mol. The van der Waals surface area contributed by atoms with Gasteiger partial charge in [-0.15, -0.1) is 22.1 Å². The van der Waals surface area contributed by atoms with Crippen LogP contribution in [-0.2, 0) is 20.7 Å². The Labute approximate surface area is 277 Å². The fourth-order valence-corrected chi connectivity index (χ4v) is 6.77. The van der Waals surface area contributed by atoms with Crippen LogP contribution in [0, 0.1) is 13.8 Å². The standard InChI is InChI=1S/C35H36N4O5.Mg/c1-8-19-15(3)22-12-24-17(5)21(10-11-28(40)41)32(38-24)30-31(35(43)44-7)34(42)29-18(6)25(39-33(29)30)14-27-20(9-2)16(4)23(37-27)13-26(19)36-22;/h12-14,31H,8-11H2,1-7H3,(H3,36,37,38,39,40,41,42);/q;+2/p-2/t31-;/m1./s1. The van der Waals surface area contributed by atoms with Gasteiger partial charge in [-0.1, -0.05) is 48.7 Å². The summed E-state index contributed by atoms with van der Waals surface area (Å²) in [6.45, 7) is 12.0. The van der Waals surface area contributed by atoms with Crippen molar-refractivity contribution in [1.82, 2.24) is 19.9 Å². The SMILES string of the molecule is CCC1=C(C)c2cc3[n-]c(cc4nc(c5c6[n-]c(cc1n2)c(C)c6C(=O)[C@@H]5C(=O)OC)C(CCC(=O)O)=C4C)c(C)c3CC.[Mg+2]. The van der Waals surface area contributed by atoms with Crippen molar-refractivity contribution < 1.29 is 24.2 Å². The van der Waals surface area contributed by atoms with Crippen molar-refractivity contribution in [2.24, 2.45) is 0 Å². The minimum absolute atomic E-state index is 0. The largest absolute Gasteiger partial charge is 2.00 e. The van der Waals surface area contributed by atoms with E-state index in [1.165, 1.54) is 7.11 Å². The topological polar surface area (TPSA) is 135 Å². The minimum atomic E-state index is -1.25. The molecule has 0 radical (unpaired) electrons. The first kappa shape index (κ1) is 32.4. The van der Waals surface area contributed by atoms with Gasteiger partial charge in [0, 0.05) is 12.0 Å². The maximum Gasteiger partial charge on any atom is 2.00 e. The molecule has 0 saturated carbocycles. The summed E-state index contributed by atoms with van der Waals surface area (Å²) < 4.78 is 5.11. The fourth-order valence-electron chi connectivity index (χ4n) is 6.77. The molecule has 3 aromatic heterocycles. The summed E-state index contributed by atoms with van der Waals surface area (Å²) >= 11 is 0. The van der Waals surface area contributed by atoms with Crippen LogP contribution in [0.2, 0.25) is 0 Å². The number of carbonyl (C=O) groups is 3. The Kier molecular flexibility index (Phi) is 8.67. The Balaban J connectivity index is 0.00000400. The third-order valence-corrected chi connectivity index (χ3v) is 9.22. The molecule has 0 aromatic carbocycles. The summed E-state index contributed by atoms with van der Waals surface area (Å²) in [6, 6.07) is 5.85. The minimum Gasteiger partial charge on any atom is -0.657 e. The van der Waals surface area contributed by atoms with Gasteiger partial charge in [-0.25, -0.2) is 9.97 Å². The summed E-state index contributed by atoms with van der Waals surface area (Å²) in [5, 5.41) is 9.57. The summed E-state index contributed by atoms with van der Waals surface area (Å²) in [5.74, 6) is -3.31. The van der Waals surface area contributed by atoms with E-state index in [-0.39, 0.29) is 35.9 Å². The summed E-state index contributed by atoms with van der Waals surface area (Å²) in [7, 11) is 1.25. The monoisotopic (exact) mass is 614 g/mol. The number of aryl methyl sites for hydroxylation is 3. The number of hydrogen-bond acceptors (Lipinski definition) is 6. The number of Topliss-reactive ketones (excluding diaryl/α,β-unsaturated/α-hetero) is 1. The van der Waals surface area contributed by atoms with E-state index < -0.39 is 23.6 Å². The Morgan fingerprint density at radius 3 is 2.13 bits per heavy atom. The van der Waals surface area contributed by atoms with Crippen molar-refractivity contribution in [2.45, 2.75) is 73.1 Å². The molecule has 6 rings (SSSR count). The van der Waals surface area contributed by atoms with Crippen LogP contribution in [0.25, 0.3) is 44.4 Å². The normalized spacial score (nSPS) is 15.5. The van der Waals surface area contributed by atoms with Crippen LogP contribution in [0.1, 0.15) is 108 Å². The average Bonchev–Trinajstić information content (AvgIpc) is 3.72. The Morgan fingerprint density at radius 2 is 1.49 bits per heavy atom. The van der Waals surface area contributed by atoms with Gasteiger partial charge in [0.25, 0.3) is 0 Å². The van der Waals surface area contributed by atoms with Crippen LogP contribution in [0.3, 0.4) is 0 Å². The van der Waals surface area contributed by atoms with Gasteiger partial charge in [0.2, 0.25) is 0 Å². The van der Waals surface area contributed by atoms with Crippen molar-refractivity contribution in [3.63, 3.8) is 0 Å². The van der Waals surface area contributed by atoms with Crippen LogP contribution in [0.4, 0.5) is 0 Å². The summed E-state index contributed by atoms with van der Waals surface area (Å²) in [6.07, 6.45) is 1.57. The van der Waals surface area contributed by atoms with Crippen molar-refractivity contribution in [3.8, 4) is 0 Å². The molecule has 9 nitrogen and oxygen atoms in total. The van der Waals surface area contributed by atoms with E-state index in [0.717, 1.165) is 63.1 Å². The number of fused-ring (bicyclic) bond motifs is 8. The number of ketones is 1. The molecule has 1 aliphatic carbocycles. The molecule has 3 aliphatic rings. The number of carboxylic acid groups (broad SMARTS) is 1. The molecule has 0 spiro atoms. The maximum absolute atomic E-state index is 14.0. The molecule has 45 heavy (non-hydrogen) atoms. The first-order valence-corrected chi connectivity index (χ1v) is 14.9. The van der Waals surface area contributed by atoms with Gasteiger partial charge in [0.15, 0.2) is 5.78 Å². The zero-order valence-electron chi connectivity index (χ0n) is 26.7. The molecule has 0 fully saturated rings. The Morgan fingerprint density at radius 1 is 0.867 bits per heavy atom. The molecule has 226 valence electrons.